The van der Waals surface area contributed by atoms with Gasteiger partial charge in [-0.15, -0.1) is 0 Å². The summed E-state index contributed by atoms with van der Waals surface area (Å²) in [7, 11) is 0. The van der Waals surface area contributed by atoms with Crippen molar-refractivity contribution in [3.8, 4) is 11.4 Å². The fourth-order valence-electron chi connectivity index (χ4n) is 4.43. The molecule has 1 saturated heterocycles. The molecule has 1 atom stereocenters. The number of hydrogen-bond acceptors (Lipinski definition) is 6. The molecule has 8 heteroatoms. The molecule has 5 rings (SSSR count). The Morgan fingerprint density at radius 3 is 2.96 bits per heavy atom. The largest absolute Gasteiger partial charge is 0.377 e. The maximum absolute atomic E-state index is 8.00. The van der Waals surface area contributed by atoms with Gasteiger partial charge in [0.15, 0.2) is 0 Å². The van der Waals surface area contributed by atoms with Crippen LogP contribution in [0.3, 0.4) is 0 Å². The summed E-state index contributed by atoms with van der Waals surface area (Å²) in [5.41, 5.74) is 3.20. The lowest BCUT2D eigenvalue weighted by Crippen LogP contribution is -2.44. The number of fused-ring (bicyclic) bond motifs is 1. The Bertz CT molecular complexity index is 1030. The Kier molecular flexibility index (Phi) is 4.29. The van der Waals surface area contributed by atoms with Crippen LogP contribution in [-0.2, 0) is 10.3 Å². The molecule has 1 saturated carbocycles. The van der Waals surface area contributed by atoms with Gasteiger partial charge in [0.2, 0.25) is 0 Å². The molecule has 2 aliphatic rings. The molecule has 7 nitrogen and oxygen atoms in total. The van der Waals surface area contributed by atoms with Crippen LogP contribution in [0.4, 0.5) is 5.82 Å². The first kappa shape index (κ1) is 17.6. The minimum Gasteiger partial charge on any atom is -0.377 e. The van der Waals surface area contributed by atoms with Gasteiger partial charge >= 0.3 is 0 Å². The lowest BCUT2D eigenvalue weighted by atomic mass is 9.89. The number of nitrogens with one attached hydrogen (secondary N) is 1. The van der Waals surface area contributed by atoms with E-state index in [9.17, 15) is 0 Å². The molecule has 1 aliphatic carbocycles. The summed E-state index contributed by atoms with van der Waals surface area (Å²) in [5, 5.41) is 7.09. The predicted octanol–water partition coefficient (Wildman–Crippen LogP) is 4.00. The van der Waals surface area contributed by atoms with Crippen LogP contribution < -0.4 is 4.90 Å². The smallest absolute Gasteiger partial charge is 0.259 e. The first-order valence-corrected chi connectivity index (χ1v) is 10.5. The van der Waals surface area contributed by atoms with Crippen LogP contribution in [0.15, 0.2) is 18.3 Å². The zero-order valence-electron chi connectivity index (χ0n) is 15.8. The van der Waals surface area contributed by atoms with E-state index in [4.69, 9.17) is 20.7 Å². The summed E-state index contributed by atoms with van der Waals surface area (Å²) >= 11 is 1.45. The number of ether oxygens (including phenoxy) is 1. The van der Waals surface area contributed by atoms with Gasteiger partial charge in [0, 0.05) is 25.6 Å². The van der Waals surface area contributed by atoms with Crippen molar-refractivity contribution in [1.29, 1.82) is 0 Å². The monoisotopic (exact) mass is 394 g/mol. The predicted molar refractivity (Wildman–Crippen MR) is 109 cm³/mol. The van der Waals surface area contributed by atoms with Crippen molar-refractivity contribution in [2.75, 3.05) is 24.7 Å². The number of aromatic nitrogens is 4. The molecule has 144 valence electrons. The van der Waals surface area contributed by atoms with Crippen LogP contribution in [0, 0.1) is 6.57 Å². The molecule has 0 amide bonds. The van der Waals surface area contributed by atoms with Gasteiger partial charge in [-0.2, -0.15) is 9.47 Å². The Morgan fingerprint density at radius 1 is 1.39 bits per heavy atom. The van der Waals surface area contributed by atoms with Crippen LogP contribution in [0.5, 0.6) is 0 Å². The molecule has 0 radical (unpaired) electrons. The Labute approximate surface area is 167 Å². The van der Waals surface area contributed by atoms with Crippen molar-refractivity contribution < 1.29 is 4.74 Å². The van der Waals surface area contributed by atoms with E-state index in [2.05, 4.69) is 32.9 Å². The SMILES string of the molecule is [C-]#[N+]C1(c2cc(N3CCOC[C@H]3C)nc3c(-c4ccn[nH]4)nsc23)CCCC1. The summed E-state index contributed by atoms with van der Waals surface area (Å²) in [6.07, 6.45) is 5.74. The van der Waals surface area contributed by atoms with Crippen molar-refractivity contribution in [2.45, 2.75) is 44.2 Å². The zero-order chi connectivity index (χ0) is 19.1. The first-order chi connectivity index (χ1) is 13.7. The Morgan fingerprint density at radius 2 is 2.25 bits per heavy atom. The number of H-pyrrole nitrogens is 1. The first-order valence-electron chi connectivity index (χ1n) is 9.75. The molecule has 1 N–H and O–H groups in total. The van der Waals surface area contributed by atoms with Gasteiger partial charge in [-0.25, -0.2) is 11.6 Å². The molecule has 0 spiro atoms. The van der Waals surface area contributed by atoms with Crippen molar-refractivity contribution in [3.05, 3.63) is 35.3 Å². The zero-order valence-corrected chi connectivity index (χ0v) is 16.6. The average molecular weight is 395 g/mol. The number of pyridine rings is 1. The summed E-state index contributed by atoms with van der Waals surface area (Å²) < 4.78 is 11.4. The van der Waals surface area contributed by atoms with Crippen molar-refractivity contribution in [2.24, 2.45) is 0 Å². The molecule has 0 bridgehead atoms. The maximum Gasteiger partial charge on any atom is 0.259 e. The van der Waals surface area contributed by atoms with Crippen LogP contribution in [0.1, 0.15) is 38.2 Å². The molecule has 0 unspecified atom stereocenters. The molecule has 1 aliphatic heterocycles. The van der Waals surface area contributed by atoms with Gasteiger partial charge in [0.1, 0.15) is 17.0 Å². The van der Waals surface area contributed by atoms with E-state index in [1.165, 1.54) is 11.5 Å². The van der Waals surface area contributed by atoms with Crippen molar-refractivity contribution >= 4 is 27.6 Å². The third kappa shape index (κ3) is 2.69. The Balaban J connectivity index is 1.75. The topological polar surface area (TPSA) is 71.3 Å². The molecule has 3 aromatic rings. The summed E-state index contributed by atoms with van der Waals surface area (Å²) in [4.78, 5) is 11.5. The normalized spacial score (nSPS) is 21.9. The van der Waals surface area contributed by atoms with Crippen LogP contribution in [0.2, 0.25) is 0 Å². The number of nitrogens with zero attached hydrogens (tertiary/aromatic N) is 5. The quantitative estimate of drug-likeness (QED) is 0.680. The van der Waals surface area contributed by atoms with E-state index >= 15 is 0 Å². The number of morpholine rings is 1. The number of anilines is 1. The lowest BCUT2D eigenvalue weighted by Gasteiger charge is -2.34. The average Bonchev–Trinajstić information content (AvgIpc) is 3.47. The maximum atomic E-state index is 8.00. The summed E-state index contributed by atoms with van der Waals surface area (Å²) in [6, 6.07) is 4.32. The highest BCUT2D eigenvalue weighted by molar-refractivity contribution is 7.13. The lowest BCUT2D eigenvalue weighted by molar-refractivity contribution is 0.0985. The molecule has 3 aromatic heterocycles. The van der Waals surface area contributed by atoms with E-state index in [-0.39, 0.29) is 6.04 Å². The van der Waals surface area contributed by atoms with Gasteiger partial charge < -0.3 is 14.5 Å². The van der Waals surface area contributed by atoms with Crippen LogP contribution in [0.25, 0.3) is 26.4 Å². The molecule has 4 heterocycles. The molecule has 28 heavy (non-hydrogen) atoms. The second-order valence-electron chi connectivity index (χ2n) is 7.68. The van der Waals surface area contributed by atoms with Crippen molar-refractivity contribution in [1.82, 2.24) is 19.6 Å². The highest BCUT2D eigenvalue weighted by Crippen LogP contribution is 2.47. The van der Waals surface area contributed by atoms with Gasteiger partial charge in [-0.1, -0.05) is 0 Å². The third-order valence-corrected chi connectivity index (χ3v) is 6.85. The number of rotatable bonds is 3. The third-order valence-electron chi connectivity index (χ3n) is 5.98. The number of hydrogen-bond donors (Lipinski definition) is 1. The highest BCUT2D eigenvalue weighted by Gasteiger charge is 2.45. The van der Waals surface area contributed by atoms with E-state index in [1.807, 2.05) is 6.07 Å². The molecule has 2 fully saturated rings. The molecule has 0 aromatic carbocycles. The van der Waals surface area contributed by atoms with E-state index in [1.54, 1.807) is 6.20 Å². The van der Waals surface area contributed by atoms with Gasteiger partial charge in [-0.3, -0.25) is 5.10 Å². The van der Waals surface area contributed by atoms with Crippen molar-refractivity contribution in [3.63, 3.8) is 0 Å². The minimum atomic E-state index is -0.455. The minimum absolute atomic E-state index is 0.251. The Hall–Kier alpha value is -2.50. The van der Waals surface area contributed by atoms with Gasteiger partial charge in [-0.05, 0) is 43.4 Å². The summed E-state index contributed by atoms with van der Waals surface area (Å²) in [5.74, 6) is 0.925. The van der Waals surface area contributed by atoms with E-state index < -0.39 is 5.54 Å². The molecular weight excluding hydrogens is 372 g/mol. The summed E-state index contributed by atoms with van der Waals surface area (Å²) in [6.45, 7) is 12.4. The van der Waals surface area contributed by atoms with Gasteiger partial charge in [0.05, 0.1) is 35.2 Å². The fraction of sp³-hybridized carbons (Fsp3) is 0.500. The second kappa shape index (κ2) is 6.83. The van der Waals surface area contributed by atoms with Crippen LogP contribution >= 0.6 is 11.5 Å². The fourth-order valence-corrected chi connectivity index (χ4v) is 5.38. The van der Waals surface area contributed by atoms with Crippen LogP contribution in [-0.4, -0.2) is 45.4 Å². The standard InChI is InChI=1S/C20H22N6OS/c1-13-12-27-10-9-26(13)16-11-14(20(21-2)6-3-4-7-20)19-18(23-16)17(25-28-19)15-5-8-22-24-15/h5,8,11,13H,3-4,6-7,9-10,12H2,1H3,(H,22,24)/t13-/m1/s1. The second-order valence-corrected chi connectivity index (χ2v) is 8.45. The number of aromatic amines is 1. The highest BCUT2D eigenvalue weighted by atomic mass is 32.1. The van der Waals surface area contributed by atoms with E-state index in [0.717, 1.165) is 65.2 Å². The molecular formula is C20H22N6OS. The van der Waals surface area contributed by atoms with Gasteiger partial charge in [0.25, 0.3) is 5.54 Å². The van der Waals surface area contributed by atoms with E-state index in [0.29, 0.717) is 13.2 Å².